The van der Waals surface area contributed by atoms with Gasteiger partial charge in [-0.1, -0.05) is 19.3 Å². The minimum Gasteiger partial charge on any atom is -0.353 e. The number of hydrogen-bond acceptors (Lipinski definition) is 3. The largest absolute Gasteiger partial charge is 0.353 e. The predicted molar refractivity (Wildman–Crippen MR) is 66.6 cm³/mol. The van der Waals surface area contributed by atoms with Gasteiger partial charge in [0, 0.05) is 13.2 Å². The lowest BCUT2D eigenvalue weighted by atomic mass is 10.1. The Balaban J connectivity index is 1.77. The van der Waals surface area contributed by atoms with Crippen LogP contribution in [0.1, 0.15) is 51.4 Å². The van der Waals surface area contributed by atoms with E-state index < -0.39 is 0 Å². The second-order valence-electron chi connectivity index (χ2n) is 4.54. The van der Waals surface area contributed by atoms with Crippen molar-refractivity contribution < 1.29 is 9.47 Å². The average molecular weight is 229 g/mol. The summed E-state index contributed by atoms with van der Waals surface area (Å²) in [4.78, 5) is 0. The topological polar surface area (TPSA) is 30.5 Å². The molecule has 96 valence electrons. The molecule has 3 nitrogen and oxygen atoms in total. The lowest BCUT2D eigenvalue weighted by Gasteiger charge is -2.22. The summed E-state index contributed by atoms with van der Waals surface area (Å²) in [5.74, 6) is 0. The Labute approximate surface area is 99.9 Å². The molecule has 0 saturated carbocycles. The highest BCUT2D eigenvalue weighted by Crippen LogP contribution is 2.14. The van der Waals surface area contributed by atoms with Crippen LogP contribution in [0, 0.1) is 0 Å². The van der Waals surface area contributed by atoms with Gasteiger partial charge in [-0.2, -0.15) is 0 Å². The van der Waals surface area contributed by atoms with Crippen LogP contribution < -0.4 is 5.32 Å². The smallest absolute Gasteiger partial charge is 0.157 e. The van der Waals surface area contributed by atoms with Crippen molar-refractivity contribution >= 4 is 0 Å². The van der Waals surface area contributed by atoms with Crippen LogP contribution in [0.3, 0.4) is 0 Å². The van der Waals surface area contributed by atoms with E-state index in [1.165, 1.54) is 44.9 Å². The molecule has 0 aromatic heterocycles. The van der Waals surface area contributed by atoms with E-state index in [0.717, 1.165) is 26.2 Å². The van der Waals surface area contributed by atoms with E-state index in [1.54, 1.807) is 0 Å². The lowest BCUT2D eigenvalue weighted by Crippen LogP contribution is -2.22. The molecule has 0 radical (unpaired) electrons. The van der Waals surface area contributed by atoms with Crippen molar-refractivity contribution in [1.82, 2.24) is 5.32 Å². The van der Waals surface area contributed by atoms with Gasteiger partial charge in [-0.15, -0.1) is 0 Å². The number of ether oxygens (including phenoxy) is 2. The summed E-state index contributed by atoms with van der Waals surface area (Å²) in [6.07, 6.45) is 10.1. The van der Waals surface area contributed by atoms with Gasteiger partial charge < -0.3 is 14.8 Å². The normalized spacial score (nSPS) is 21.2. The molecule has 16 heavy (non-hydrogen) atoms. The highest BCUT2D eigenvalue weighted by atomic mass is 16.7. The first-order chi connectivity index (χ1) is 7.93. The molecule has 0 bridgehead atoms. The Morgan fingerprint density at radius 3 is 2.69 bits per heavy atom. The van der Waals surface area contributed by atoms with Crippen molar-refractivity contribution in [2.75, 3.05) is 26.8 Å². The molecular weight excluding hydrogens is 202 g/mol. The fraction of sp³-hybridized carbons (Fsp3) is 1.00. The first-order valence-electron chi connectivity index (χ1n) is 6.81. The SMILES string of the molecule is CNCCCCCCCOC1CCCCO1. The molecule has 1 fully saturated rings. The molecule has 1 atom stereocenters. The summed E-state index contributed by atoms with van der Waals surface area (Å²) >= 11 is 0. The van der Waals surface area contributed by atoms with E-state index in [2.05, 4.69) is 5.32 Å². The van der Waals surface area contributed by atoms with E-state index in [1.807, 2.05) is 7.05 Å². The maximum Gasteiger partial charge on any atom is 0.157 e. The van der Waals surface area contributed by atoms with E-state index >= 15 is 0 Å². The van der Waals surface area contributed by atoms with Crippen molar-refractivity contribution in [3.63, 3.8) is 0 Å². The molecule has 0 amide bonds. The summed E-state index contributed by atoms with van der Waals surface area (Å²) in [6, 6.07) is 0. The Hall–Kier alpha value is -0.120. The lowest BCUT2D eigenvalue weighted by molar-refractivity contribution is -0.162. The van der Waals surface area contributed by atoms with E-state index in [9.17, 15) is 0 Å². The van der Waals surface area contributed by atoms with Crippen molar-refractivity contribution in [2.24, 2.45) is 0 Å². The number of rotatable bonds is 9. The second kappa shape index (κ2) is 10.1. The molecule has 1 heterocycles. The maximum atomic E-state index is 5.68. The zero-order chi connectivity index (χ0) is 11.5. The van der Waals surface area contributed by atoms with Crippen LogP contribution in [0.25, 0.3) is 0 Å². The Bertz CT molecular complexity index is 147. The van der Waals surface area contributed by atoms with Crippen molar-refractivity contribution in [2.45, 2.75) is 57.7 Å². The molecule has 0 aromatic carbocycles. The van der Waals surface area contributed by atoms with Gasteiger partial charge >= 0.3 is 0 Å². The third kappa shape index (κ3) is 7.20. The summed E-state index contributed by atoms with van der Waals surface area (Å²) in [7, 11) is 2.01. The average Bonchev–Trinajstić information content (AvgIpc) is 2.34. The minimum atomic E-state index is 0.0954. The van der Waals surface area contributed by atoms with Gasteiger partial charge in [0.1, 0.15) is 0 Å². The fourth-order valence-corrected chi connectivity index (χ4v) is 1.99. The predicted octanol–water partition coefficient (Wildman–Crippen LogP) is 2.70. The van der Waals surface area contributed by atoms with Gasteiger partial charge in [-0.25, -0.2) is 0 Å². The molecule has 1 unspecified atom stereocenters. The Morgan fingerprint density at radius 1 is 1.12 bits per heavy atom. The fourth-order valence-electron chi connectivity index (χ4n) is 1.99. The summed E-state index contributed by atoms with van der Waals surface area (Å²) in [5.41, 5.74) is 0. The van der Waals surface area contributed by atoms with E-state index in [0.29, 0.717) is 0 Å². The molecule has 1 aliphatic heterocycles. The van der Waals surface area contributed by atoms with E-state index in [-0.39, 0.29) is 6.29 Å². The van der Waals surface area contributed by atoms with Gasteiger partial charge in [0.15, 0.2) is 6.29 Å². The molecule has 1 rings (SSSR count). The standard InChI is InChI=1S/C13H27NO2/c1-14-10-6-3-2-4-7-11-15-13-9-5-8-12-16-13/h13-14H,2-12H2,1H3. The second-order valence-corrected chi connectivity index (χ2v) is 4.54. The van der Waals surface area contributed by atoms with Crippen LogP contribution in [0.4, 0.5) is 0 Å². The molecule has 1 aliphatic rings. The van der Waals surface area contributed by atoms with Gasteiger partial charge in [0.2, 0.25) is 0 Å². The highest BCUT2D eigenvalue weighted by molar-refractivity contribution is 4.54. The van der Waals surface area contributed by atoms with Gasteiger partial charge in [-0.05, 0) is 45.7 Å². The molecule has 1 N–H and O–H groups in total. The van der Waals surface area contributed by atoms with Crippen LogP contribution in [-0.4, -0.2) is 33.1 Å². The molecule has 3 heteroatoms. The molecular formula is C13H27NO2. The summed E-state index contributed by atoms with van der Waals surface area (Å²) in [5, 5.41) is 3.17. The Morgan fingerprint density at radius 2 is 1.94 bits per heavy atom. The van der Waals surface area contributed by atoms with Gasteiger partial charge in [0.25, 0.3) is 0 Å². The zero-order valence-electron chi connectivity index (χ0n) is 10.7. The van der Waals surface area contributed by atoms with Crippen LogP contribution in [0.5, 0.6) is 0 Å². The first-order valence-corrected chi connectivity index (χ1v) is 6.81. The third-order valence-corrected chi connectivity index (χ3v) is 3.01. The number of unbranched alkanes of at least 4 members (excludes halogenated alkanes) is 4. The first kappa shape index (κ1) is 13.9. The van der Waals surface area contributed by atoms with Crippen LogP contribution >= 0.6 is 0 Å². The molecule has 0 aromatic rings. The quantitative estimate of drug-likeness (QED) is 0.617. The molecule has 0 aliphatic carbocycles. The van der Waals surface area contributed by atoms with Crippen LogP contribution in [0.2, 0.25) is 0 Å². The van der Waals surface area contributed by atoms with Gasteiger partial charge in [-0.3, -0.25) is 0 Å². The van der Waals surface area contributed by atoms with Crippen molar-refractivity contribution in [3.8, 4) is 0 Å². The van der Waals surface area contributed by atoms with E-state index in [4.69, 9.17) is 9.47 Å². The van der Waals surface area contributed by atoms with Crippen molar-refractivity contribution in [1.29, 1.82) is 0 Å². The van der Waals surface area contributed by atoms with Crippen LogP contribution in [0.15, 0.2) is 0 Å². The zero-order valence-corrected chi connectivity index (χ0v) is 10.7. The van der Waals surface area contributed by atoms with Crippen LogP contribution in [-0.2, 0) is 9.47 Å². The van der Waals surface area contributed by atoms with Gasteiger partial charge in [0.05, 0.1) is 0 Å². The Kier molecular flexibility index (Phi) is 8.77. The van der Waals surface area contributed by atoms with Crippen molar-refractivity contribution in [3.05, 3.63) is 0 Å². The molecule has 0 spiro atoms. The number of nitrogens with one attached hydrogen (secondary N) is 1. The maximum absolute atomic E-state index is 5.68. The number of hydrogen-bond donors (Lipinski definition) is 1. The minimum absolute atomic E-state index is 0.0954. The monoisotopic (exact) mass is 229 g/mol. The third-order valence-electron chi connectivity index (χ3n) is 3.01. The summed E-state index contributed by atoms with van der Waals surface area (Å²) in [6.45, 7) is 2.90. The summed E-state index contributed by atoms with van der Waals surface area (Å²) < 4.78 is 11.2. The molecule has 1 saturated heterocycles. The highest BCUT2D eigenvalue weighted by Gasteiger charge is 2.12.